The van der Waals surface area contributed by atoms with Gasteiger partial charge in [0, 0.05) is 11.9 Å². The van der Waals surface area contributed by atoms with Gasteiger partial charge in [-0.1, -0.05) is 6.92 Å². The molecule has 0 saturated heterocycles. The van der Waals surface area contributed by atoms with E-state index in [1.807, 2.05) is 0 Å². The summed E-state index contributed by atoms with van der Waals surface area (Å²) in [7, 11) is 0. The molecule has 0 aromatic carbocycles. The fourth-order valence-corrected chi connectivity index (χ4v) is 0.641. The molecule has 0 heterocycles. The molecular weight excluding hydrogens is 176 g/mol. The molecule has 0 spiro atoms. The van der Waals surface area contributed by atoms with Gasteiger partial charge in [-0.05, 0) is 18.8 Å². The predicted molar refractivity (Wildman–Crippen MR) is 34.2 cm³/mol. The molecule has 0 saturated carbocycles. The summed E-state index contributed by atoms with van der Waals surface area (Å²) in [6.07, 6.45) is -0.456. The minimum atomic E-state index is -1.23. The minimum absolute atomic E-state index is 0. The van der Waals surface area contributed by atoms with Gasteiger partial charge in [0.05, 0.1) is 0 Å². The van der Waals surface area contributed by atoms with E-state index >= 15 is 0 Å². The van der Waals surface area contributed by atoms with Crippen molar-refractivity contribution in [1.82, 2.24) is 0 Å². The first-order valence-corrected chi connectivity index (χ1v) is 2.92. The Labute approximate surface area is 94.6 Å². The quantitative estimate of drug-likeness (QED) is 0.453. The van der Waals surface area contributed by atoms with Crippen LogP contribution in [0.4, 0.5) is 0 Å². The van der Waals surface area contributed by atoms with Crippen LogP contribution in [-0.4, -0.2) is 49.7 Å². The van der Waals surface area contributed by atoms with Crippen molar-refractivity contribution >= 4 is 49.7 Å². The van der Waals surface area contributed by atoms with E-state index in [2.05, 4.69) is 0 Å². The molecule has 0 rings (SSSR count). The summed E-state index contributed by atoms with van der Waals surface area (Å²) in [5.74, 6) is -2.86. The maximum Gasteiger partial charge on any atom is 2.00 e. The molecule has 4 nitrogen and oxygen atoms in total. The van der Waals surface area contributed by atoms with Gasteiger partial charge in [-0.15, -0.1) is 0 Å². The summed E-state index contributed by atoms with van der Waals surface area (Å²) >= 11 is 0. The van der Waals surface area contributed by atoms with Crippen LogP contribution in [0.5, 0.6) is 0 Å². The molecule has 0 aliphatic heterocycles. The number of carbonyl (C=O) groups is 2. The van der Waals surface area contributed by atoms with Crippen molar-refractivity contribution in [3.05, 3.63) is 0 Å². The first-order valence-electron chi connectivity index (χ1n) is 2.92. The zero-order valence-corrected chi connectivity index (χ0v) is 8.54. The van der Waals surface area contributed by atoms with Crippen LogP contribution in [0.1, 0.15) is 19.8 Å². The van der Waals surface area contributed by atoms with Gasteiger partial charge in [-0.3, -0.25) is 0 Å². The Morgan fingerprint density at radius 2 is 1.45 bits per heavy atom. The molecule has 5 heteroatoms. The number of rotatable bonds is 4. The van der Waals surface area contributed by atoms with Crippen molar-refractivity contribution < 1.29 is 19.8 Å². The fourth-order valence-electron chi connectivity index (χ4n) is 0.641. The second kappa shape index (κ2) is 6.88. The first-order chi connectivity index (χ1) is 4.52. The van der Waals surface area contributed by atoms with Crippen LogP contribution in [0.2, 0.25) is 0 Å². The summed E-state index contributed by atoms with van der Waals surface area (Å²) in [4.78, 5) is 19.7. The minimum Gasteiger partial charge on any atom is -0.550 e. The number of carboxylic acids is 2. The van der Waals surface area contributed by atoms with E-state index in [1.165, 1.54) is 6.92 Å². The number of hydrogen-bond donors (Lipinski definition) is 0. The number of aliphatic carboxylic acids is 2. The van der Waals surface area contributed by atoms with Crippen LogP contribution in [0.15, 0.2) is 0 Å². The molecule has 0 aromatic rings. The van der Waals surface area contributed by atoms with Crippen molar-refractivity contribution in [1.29, 1.82) is 0 Å². The second-order valence-corrected chi connectivity index (χ2v) is 2.26. The summed E-state index contributed by atoms with van der Waals surface area (Å²) < 4.78 is 0. The summed E-state index contributed by atoms with van der Waals surface area (Å²) in [6.45, 7) is 1.52. The van der Waals surface area contributed by atoms with Crippen LogP contribution >= 0.6 is 0 Å². The van der Waals surface area contributed by atoms with Crippen LogP contribution < -0.4 is 10.2 Å². The van der Waals surface area contributed by atoms with Gasteiger partial charge in [-0.25, -0.2) is 0 Å². The summed E-state index contributed by atoms with van der Waals surface area (Å²) in [5, 5.41) is 19.7. The van der Waals surface area contributed by atoms with Gasteiger partial charge < -0.3 is 19.8 Å². The Hall–Kier alpha value is 0.200. The molecule has 0 amide bonds. The van der Waals surface area contributed by atoms with Gasteiger partial charge in [0.2, 0.25) is 0 Å². The monoisotopic (exact) mass is 184 g/mol. The van der Waals surface area contributed by atoms with E-state index < -0.39 is 17.9 Å². The van der Waals surface area contributed by atoms with E-state index in [9.17, 15) is 19.8 Å². The third-order valence-corrected chi connectivity index (χ3v) is 1.03. The fraction of sp³-hybridized carbons (Fsp3) is 0.667. The molecule has 0 aromatic heterocycles. The third-order valence-electron chi connectivity index (χ3n) is 1.03. The number of hydrogen-bond acceptors (Lipinski definition) is 4. The molecule has 0 atom stereocenters. The van der Waals surface area contributed by atoms with E-state index in [0.717, 1.165) is 0 Å². The van der Waals surface area contributed by atoms with E-state index in [0.29, 0.717) is 0 Å². The summed E-state index contributed by atoms with van der Waals surface area (Å²) in [5.41, 5.74) is 0. The first kappa shape index (κ1) is 13.8. The molecule has 0 aliphatic carbocycles. The Bertz CT molecular complexity index is 130. The van der Waals surface area contributed by atoms with Crippen LogP contribution in [0.3, 0.4) is 0 Å². The Morgan fingerprint density at radius 1 is 1.18 bits per heavy atom. The largest absolute Gasteiger partial charge is 2.00 e. The molecule has 0 unspecified atom stereocenters. The molecule has 58 valence electrons. The third kappa shape index (κ3) is 10.2. The zero-order chi connectivity index (χ0) is 8.15. The van der Waals surface area contributed by atoms with E-state index in [4.69, 9.17) is 0 Å². The maximum absolute atomic E-state index is 9.87. The molecule has 11 heavy (non-hydrogen) atoms. The van der Waals surface area contributed by atoms with Crippen LogP contribution in [0.25, 0.3) is 0 Å². The standard InChI is InChI=1S/C6H10O4.Ca/c1-4(2-5(7)8)3-6(9)10;/h4H,2-3H2,1H3,(H,7,8)(H,9,10);/q;+2/p-2. The number of carbonyl (C=O) groups excluding carboxylic acids is 2. The van der Waals surface area contributed by atoms with Gasteiger partial charge in [0.25, 0.3) is 0 Å². The predicted octanol–water partition coefficient (Wildman–Crippen LogP) is -2.48. The number of carboxylic acid groups (broad SMARTS) is 2. The van der Waals surface area contributed by atoms with Crippen molar-refractivity contribution in [3.63, 3.8) is 0 Å². The smallest absolute Gasteiger partial charge is 0.550 e. The molecule has 0 fully saturated rings. The van der Waals surface area contributed by atoms with Gasteiger partial charge in [0.1, 0.15) is 0 Å². The van der Waals surface area contributed by atoms with Gasteiger partial charge in [-0.2, -0.15) is 0 Å². The van der Waals surface area contributed by atoms with Crippen LogP contribution in [-0.2, 0) is 9.59 Å². The maximum atomic E-state index is 9.87. The van der Waals surface area contributed by atoms with Crippen LogP contribution in [0, 0.1) is 5.92 Å². The normalized spacial score (nSPS) is 8.91. The summed E-state index contributed by atoms with van der Waals surface area (Å²) in [6, 6.07) is 0. The van der Waals surface area contributed by atoms with E-state index in [1.54, 1.807) is 0 Å². The Morgan fingerprint density at radius 3 is 1.64 bits per heavy atom. The second-order valence-electron chi connectivity index (χ2n) is 2.26. The van der Waals surface area contributed by atoms with Crippen molar-refractivity contribution in [2.45, 2.75) is 19.8 Å². The van der Waals surface area contributed by atoms with Gasteiger partial charge in [0.15, 0.2) is 0 Å². The Balaban J connectivity index is 0. The zero-order valence-electron chi connectivity index (χ0n) is 6.33. The average Bonchev–Trinajstić information content (AvgIpc) is 1.58. The molecular formula is C6H8CaO4. The average molecular weight is 184 g/mol. The van der Waals surface area contributed by atoms with Crippen molar-refractivity contribution in [3.8, 4) is 0 Å². The SMILES string of the molecule is CC(CC(=O)[O-])CC(=O)[O-].[Ca+2]. The van der Waals surface area contributed by atoms with Crippen molar-refractivity contribution in [2.75, 3.05) is 0 Å². The van der Waals surface area contributed by atoms with E-state index in [-0.39, 0.29) is 50.6 Å². The van der Waals surface area contributed by atoms with Gasteiger partial charge >= 0.3 is 37.7 Å². The van der Waals surface area contributed by atoms with Crippen molar-refractivity contribution in [2.24, 2.45) is 5.92 Å². The topological polar surface area (TPSA) is 80.3 Å². The Kier molecular flexibility index (Phi) is 8.61. The molecule has 0 bridgehead atoms. The molecule has 0 aliphatic rings. The molecule has 0 N–H and O–H groups in total. The molecule has 0 radical (unpaired) electrons.